The molecule has 4 heteroatoms. The van der Waals surface area contributed by atoms with Gasteiger partial charge in [0.2, 0.25) is 0 Å². The average Bonchev–Trinajstić information content (AvgIpc) is 2.54. The number of halogens is 3. The maximum Gasteiger partial charge on any atom is 0.132 e. The molecule has 1 aliphatic heterocycles. The van der Waals surface area contributed by atoms with Gasteiger partial charge in [0, 0.05) is 30.2 Å². The molecule has 76 valence electrons. The molecule has 1 aromatic carbocycles. The van der Waals surface area contributed by atoms with Gasteiger partial charge in [-0.1, -0.05) is 0 Å². The van der Waals surface area contributed by atoms with Crippen LogP contribution in [0.4, 0.5) is 13.2 Å². The number of rotatable bonds is 1. The highest BCUT2D eigenvalue weighted by Gasteiger charge is 2.24. The molecule has 1 aliphatic rings. The Kier molecular flexibility index (Phi) is 2.46. The van der Waals surface area contributed by atoms with E-state index in [4.69, 9.17) is 0 Å². The van der Waals surface area contributed by atoms with Gasteiger partial charge in [-0.2, -0.15) is 0 Å². The zero-order valence-corrected chi connectivity index (χ0v) is 7.49. The summed E-state index contributed by atoms with van der Waals surface area (Å²) in [4.78, 5) is 0. The number of hydrogen-bond acceptors (Lipinski definition) is 1. The summed E-state index contributed by atoms with van der Waals surface area (Å²) in [6, 6.07) is 1.47. The van der Waals surface area contributed by atoms with Crippen molar-refractivity contribution in [3.8, 4) is 0 Å². The smallest absolute Gasteiger partial charge is 0.132 e. The molecule has 0 radical (unpaired) electrons. The first-order chi connectivity index (χ1) is 6.68. The van der Waals surface area contributed by atoms with Gasteiger partial charge < -0.3 is 5.32 Å². The highest BCUT2D eigenvalue weighted by atomic mass is 19.1. The fraction of sp³-hybridized carbons (Fsp3) is 0.400. The second kappa shape index (κ2) is 3.61. The SMILES string of the molecule is Fc1cc(F)c([C@@H]2CCNC2)c(F)c1. The summed E-state index contributed by atoms with van der Waals surface area (Å²) in [5, 5.41) is 3.01. The summed E-state index contributed by atoms with van der Waals surface area (Å²) in [5.41, 5.74) is 0.0106. The Morgan fingerprint density at radius 1 is 1.14 bits per heavy atom. The lowest BCUT2D eigenvalue weighted by Gasteiger charge is -2.11. The van der Waals surface area contributed by atoms with E-state index in [1.807, 2.05) is 0 Å². The van der Waals surface area contributed by atoms with E-state index in [0.29, 0.717) is 13.0 Å². The highest BCUT2D eigenvalue weighted by molar-refractivity contribution is 5.25. The molecule has 1 aromatic rings. The molecule has 1 fully saturated rings. The van der Waals surface area contributed by atoms with Crippen LogP contribution in [0.25, 0.3) is 0 Å². The molecule has 0 amide bonds. The van der Waals surface area contributed by atoms with Crippen molar-refractivity contribution in [2.24, 2.45) is 0 Å². The predicted octanol–water partition coefficient (Wildman–Crippen LogP) is 2.18. The molecular weight excluding hydrogens is 191 g/mol. The first-order valence-corrected chi connectivity index (χ1v) is 4.53. The first kappa shape index (κ1) is 9.52. The van der Waals surface area contributed by atoms with Crippen molar-refractivity contribution in [1.82, 2.24) is 5.32 Å². The summed E-state index contributed by atoms with van der Waals surface area (Å²) in [6.45, 7) is 1.31. The molecule has 0 saturated carbocycles. The zero-order valence-electron chi connectivity index (χ0n) is 7.49. The van der Waals surface area contributed by atoms with E-state index < -0.39 is 17.5 Å². The van der Waals surface area contributed by atoms with Gasteiger partial charge in [-0.3, -0.25) is 0 Å². The molecule has 0 bridgehead atoms. The van der Waals surface area contributed by atoms with Crippen molar-refractivity contribution in [2.75, 3.05) is 13.1 Å². The summed E-state index contributed by atoms with van der Waals surface area (Å²) < 4.78 is 39.1. The van der Waals surface area contributed by atoms with Crippen LogP contribution in [-0.4, -0.2) is 13.1 Å². The minimum absolute atomic E-state index is 0.0106. The Morgan fingerprint density at radius 2 is 1.79 bits per heavy atom. The standard InChI is InChI=1S/C10H10F3N/c11-7-3-8(12)10(9(13)4-7)6-1-2-14-5-6/h3-4,6,14H,1-2,5H2/t6-/m1/s1. The van der Waals surface area contributed by atoms with Gasteiger partial charge in [0.1, 0.15) is 17.5 Å². The van der Waals surface area contributed by atoms with Crippen LogP contribution >= 0.6 is 0 Å². The molecule has 1 atom stereocenters. The van der Waals surface area contributed by atoms with Crippen molar-refractivity contribution < 1.29 is 13.2 Å². The van der Waals surface area contributed by atoms with Gasteiger partial charge in [-0.05, 0) is 13.0 Å². The molecule has 1 nitrogen and oxygen atoms in total. The second-order valence-corrected chi connectivity index (χ2v) is 3.47. The summed E-state index contributed by atoms with van der Waals surface area (Å²) in [7, 11) is 0. The van der Waals surface area contributed by atoms with Gasteiger partial charge in [-0.25, -0.2) is 13.2 Å². The minimum Gasteiger partial charge on any atom is -0.316 e. The predicted molar refractivity (Wildman–Crippen MR) is 46.5 cm³/mol. The van der Waals surface area contributed by atoms with Gasteiger partial charge in [0.15, 0.2) is 0 Å². The lowest BCUT2D eigenvalue weighted by atomic mass is 9.97. The topological polar surface area (TPSA) is 12.0 Å². The van der Waals surface area contributed by atoms with Crippen LogP contribution in [0, 0.1) is 17.5 Å². The zero-order chi connectivity index (χ0) is 10.1. The van der Waals surface area contributed by atoms with Gasteiger partial charge >= 0.3 is 0 Å². The average molecular weight is 201 g/mol. The van der Waals surface area contributed by atoms with E-state index in [2.05, 4.69) is 5.32 Å². The van der Waals surface area contributed by atoms with E-state index in [-0.39, 0.29) is 11.5 Å². The Hall–Kier alpha value is -1.03. The van der Waals surface area contributed by atoms with Crippen LogP contribution in [0.15, 0.2) is 12.1 Å². The van der Waals surface area contributed by atoms with Gasteiger partial charge in [0.05, 0.1) is 0 Å². The largest absolute Gasteiger partial charge is 0.316 e. The molecule has 1 saturated heterocycles. The van der Waals surface area contributed by atoms with Crippen LogP contribution < -0.4 is 5.32 Å². The van der Waals surface area contributed by atoms with Crippen molar-refractivity contribution in [3.63, 3.8) is 0 Å². The fourth-order valence-electron chi connectivity index (χ4n) is 1.84. The Balaban J connectivity index is 2.40. The van der Waals surface area contributed by atoms with E-state index in [0.717, 1.165) is 18.7 Å². The Morgan fingerprint density at radius 3 is 2.29 bits per heavy atom. The lowest BCUT2D eigenvalue weighted by molar-refractivity contribution is 0.507. The van der Waals surface area contributed by atoms with Crippen LogP contribution in [-0.2, 0) is 0 Å². The maximum atomic E-state index is 13.3. The molecule has 0 aliphatic carbocycles. The number of benzene rings is 1. The number of nitrogens with one attached hydrogen (secondary N) is 1. The molecule has 1 heterocycles. The van der Waals surface area contributed by atoms with Crippen LogP contribution in [0.2, 0.25) is 0 Å². The second-order valence-electron chi connectivity index (χ2n) is 3.47. The molecule has 0 spiro atoms. The molecule has 2 rings (SSSR count). The quantitative estimate of drug-likeness (QED) is 0.734. The molecule has 0 aromatic heterocycles. The third-order valence-corrected chi connectivity index (χ3v) is 2.51. The van der Waals surface area contributed by atoms with Crippen LogP contribution in [0.1, 0.15) is 17.9 Å². The van der Waals surface area contributed by atoms with E-state index in [9.17, 15) is 13.2 Å². The lowest BCUT2D eigenvalue weighted by Crippen LogP contribution is -2.10. The third kappa shape index (κ3) is 1.62. The fourth-order valence-corrected chi connectivity index (χ4v) is 1.84. The van der Waals surface area contributed by atoms with E-state index in [1.54, 1.807) is 0 Å². The first-order valence-electron chi connectivity index (χ1n) is 4.53. The van der Waals surface area contributed by atoms with Crippen molar-refractivity contribution in [1.29, 1.82) is 0 Å². The van der Waals surface area contributed by atoms with E-state index >= 15 is 0 Å². The molecular formula is C10H10F3N. The van der Waals surface area contributed by atoms with Crippen LogP contribution in [0.3, 0.4) is 0 Å². The molecule has 0 unspecified atom stereocenters. The molecule has 14 heavy (non-hydrogen) atoms. The van der Waals surface area contributed by atoms with Crippen molar-refractivity contribution in [2.45, 2.75) is 12.3 Å². The molecule has 1 N–H and O–H groups in total. The monoisotopic (exact) mass is 201 g/mol. The Bertz CT molecular complexity index is 322. The van der Waals surface area contributed by atoms with Gasteiger partial charge in [0.25, 0.3) is 0 Å². The summed E-state index contributed by atoms with van der Waals surface area (Å²) in [5.74, 6) is -2.60. The van der Waals surface area contributed by atoms with Gasteiger partial charge in [-0.15, -0.1) is 0 Å². The van der Waals surface area contributed by atoms with Crippen LogP contribution in [0.5, 0.6) is 0 Å². The third-order valence-electron chi connectivity index (χ3n) is 2.51. The maximum absolute atomic E-state index is 13.3. The van der Waals surface area contributed by atoms with E-state index in [1.165, 1.54) is 0 Å². The normalized spacial score (nSPS) is 21.5. The minimum atomic E-state index is -0.866. The van der Waals surface area contributed by atoms with Crippen molar-refractivity contribution in [3.05, 3.63) is 35.1 Å². The highest BCUT2D eigenvalue weighted by Crippen LogP contribution is 2.27. The number of hydrogen-bond donors (Lipinski definition) is 1. The van der Waals surface area contributed by atoms with Crippen molar-refractivity contribution >= 4 is 0 Å². The summed E-state index contributed by atoms with van der Waals surface area (Å²) in [6.07, 6.45) is 0.694. The Labute approximate surface area is 79.9 Å². The summed E-state index contributed by atoms with van der Waals surface area (Å²) >= 11 is 0.